The van der Waals surface area contributed by atoms with Gasteiger partial charge in [0, 0.05) is 6.42 Å². The number of carbonyl (C=O) groups excluding carboxylic acids is 1. The van der Waals surface area contributed by atoms with Crippen LogP contribution in [0, 0.1) is 0 Å². The molecule has 74 valence electrons. The standard InChI is InChI=1S/C7H9F2NO3/c8-5(9)3-10-4(7(12)13)1-2-6(10)11/h4-5H,1-3H2,(H,12,13). The molecule has 1 saturated heterocycles. The highest BCUT2D eigenvalue weighted by atomic mass is 19.3. The number of nitrogens with zero attached hydrogens (tertiary/aromatic N) is 1. The van der Waals surface area contributed by atoms with Gasteiger partial charge >= 0.3 is 5.97 Å². The normalized spacial score (nSPS) is 22.8. The second kappa shape index (κ2) is 3.68. The molecule has 1 aliphatic rings. The fourth-order valence-electron chi connectivity index (χ4n) is 1.37. The van der Waals surface area contributed by atoms with Crippen molar-refractivity contribution in [3.05, 3.63) is 0 Å². The summed E-state index contributed by atoms with van der Waals surface area (Å²) in [6.45, 7) is -0.782. The summed E-state index contributed by atoms with van der Waals surface area (Å²) in [5, 5.41) is 8.58. The Labute approximate surface area is 73.1 Å². The zero-order valence-electron chi connectivity index (χ0n) is 6.74. The minimum Gasteiger partial charge on any atom is -0.480 e. The number of aliphatic carboxylic acids is 1. The molecule has 0 aromatic heterocycles. The Hall–Kier alpha value is -1.20. The van der Waals surface area contributed by atoms with Crippen molar-refractivity contribution in [3.63, 3.8) is 0 Å². The van der Waals surface area contributed by atoms with Crippen molar-refractivity contribution in [2.75, 3.05) is 6.54 Å². The van der Waals surface area contributed by atoms with Crippen LogP contribution in [0.5, 0.6) is 0 Å². The highest BCUT2D eigenvalue weighted by Crippen LogP contribution is 2.19. The molecule has 0 aromatic carbocycles. The van der Waals surface area contributed by atoms with Gasteiger partial charge in [-0.1, -0.05) is 0 Å². The number of halogens is 2. The SMILES string of the molecule is O=C(O)C1CCC(=O)N1CC(F)F. The monoisotopic (exact) mass is 193 g/mol. The van der Waals surface area contributed by atoms with Gasteiger partial charge in [-0.2, -0.15) is 0 Å². The summed E-state index contributed by atoms with van der Waals surface area (Å²) in [6.07, 6.45) is -2.51. The van der Waals surface area contributed by atoms with Crippen LogP contribution in [0.2, 0.25) is 0 Å². The number of carbonyl (C=O) groups is 2. The summed E-state index contributed by atoms with van der Waals surface area (Å²) in [5.41, 5.74) is 0. The molecular formula is C7H9F2NO3. The third-order valence-electron chi connectivity index (χ3n) is 1.95. The van der Waals surface area contributed by atoms with E-state index in [0.29, 0.717) is 0 Å². The summed E-state index contributed by atoms with van der Waals surface area (Å²) in [6, 6.07) is -1.07. The van der Waals surface area contributed by atoms with E-state index in [2.05, 4.69) is 0 Å². The summed E-state index contributed by atoms with van der Waals surface area (Å²) >= 11 is 0. The molecular weight excluding hydrogens is 184 g/mol. The predicted molar refractivity (Wildman–Crippen MR) is 38.4 cm³/mol. The molecule has 1 unspecified atom stereocenters. The maximum Gasteiger partial charge on any atom is 0.326 e. The zero-order chi connectivity index (χ0) is 10.0. The second-order valence-electron chi connectivity index (χ2n) is 2.83. The van der Waals surface area contributed by atoms with E-state index in [4.69, 9.17) is 5.11 Å². The molecule has 0 aliphatic carbocycles. The molecule has 1 amide bonds. The van der Waals surface area contributed by atoms with E-state index in [1.165, 1.54) is 0 Å². The van der Waals surface area contributed by atoms with Gasteiger partial charge < -0.3 is 10.0 Å². The zero-order valence-corrected chi connectivity index (χ0v) is 6.74. The van der Waals surface area contributed by atoms with Gasteiger partial charge in [-0.05, 0) is 6.42 Å². The number of alkyl halides is 2. The summed E-state index contributed by atoms with van der Waals surface area (Å²) in [5.74, 6) is -1.72. The van der Waals surface area contributed by atoms with Gasteiger partial charge in [0.25, 0.3) is 6.43 Å². The van der Waals surface area contributed by atoms with E-state index in [-0.39, 0.29) is 12.8 Å². The Bertz CT molecular complexity index is 232. The van der Waals surface area contributed by atoms with Crippen LogP contribution in [0.15, 0.2) is 0 Å². The van der Waals surface area contributed by atoms with Gasteiger partial charge in [0.05, 0.1) is 6.54 Å². The van der Waals surface area contributed by atoms with E-state index >= 15 is 0 Å². The molecule has 6 heteroatoms. The van der Waals surface area contributed by atoms with Crippen LogP contribution in [0.3, 0.4) is 0 Å². The molecule has 1 heterocycles. The Kier molecular flexibility index (Phi) is 2.79. The molecule has 4 nitrogen and oxygen atoms in total. The van der Waals surface area contributed by atoms with E-state index in [0.717, 1.165) is 4.90 Å². The molecule has 1 N–H and O–H groups in total. The lowest BCUT2D eigenvalue weighted by Crippen LogP contribution is -2.41. The van der Waals surface area contributed by atoms with Crippen molar-refractivity contribution in [1.29, 1.82) is 0 Å². The number of carboxylic acids is 1. The third kappa shape index (κ3) is 2.13. The fourth-order valence-corrected chi connectivity index (χ4v) is 1.37. The van der Waals surface area contributed by atoms with Crippen molar-refractivity contribution in [2.24, 2.45) is 0 Å². The van der Waals surface area contributed by atoms with Crippen LogP contribution in [-0.4, -0.2) is 40.9 Å². The van der Waals surface area contributed by atoms with Crippen molar-refractivity contribution in [2.45, 2.75) is 25.3 Å². The summed E-state index contributed by atoms with van der Waals surface area (Å²) < 4.78 is 23.8. The molecule has 1 atom stereocenters. The van der Waals surface area contributed by atoms with Gasteiger partial charge in [0.1, 0.15) is 6.04 Å². The van der Waals surface area contributed by atoms with Crippen molar-refractivity contribution >= 4 is 11.9 Å². The Morgan fingerprint density at radius 3 is 2.77 bits per heavy atom. The van der Waals surface area contributed by atoms with Crippen molar-refractivity contribution in [1.82, 2.24) is 4.90 Å². The molecule has 1 aliphatic heterocycles. The highest BCUT2D eigenvalue weighted by molar-refractivity contribution is 5.87. The first-order valence-corrected chi connectivity index (χ1v) is 3.83. The van der Waals surface area contributed by atoms with Gasteiger partial charge in [-0.25, -0.2) is 13.6 Å². The first-order valence-electron chi connectivity index (χ1n) is 3.83. The summed E-state index contributed by atoms with van der Waals surface area (Å²) in [7, 11) is 0. The topological polar surface area (TPSA) is 57.6 Å². The largest absolute Gasteiger partial charge is 0.480 e. The van der Waals surface area contributed by atoms with Crippen LogP contribution in [-0.2, 0) is 9.59 Å². The first kappa shape index (κ1) is 9.88. The van der Waals surface area contributed by atoms with Crippen LogP contribution >= 0.6 is 0 Å². The average Bonchev–Trinajstić information content (AvgIpc) is 2.32. The van der Waals surface area contributed by atoms with E-state index in [1.54, 1.807) is 0 Å². The van der Waals surface area contributed by atoms with E-state index in [9.17, 15) is 18.4 Å². The van der Waals surface area contributed by atoms with Gasteiger partial charge in [-0.3, -0.25) is 4.79 Å². The van der Waals surface area contributed by atoms with E-state index < -0.39 is 30.9 Å². The van der Waals surface area contributed by atoms with Gasteiger partial charge in [-0.15, -0.1) is 0 Å². The second-order valence-corrected chi connectivity index (χ2v) is 2.83. The fraction of sp³-hybridized carbons (Fsp3) is 0.714. The molecule has 0 aromatic rings. The van der Waals surface area contributed by atoms with Crippen LogP contribution in [0.25, 0.3) is 0 Å². The maximum absolute atomic E-state index is 11.9. The van der Waals surface area contributed by atoms with Gasteiger partial charge in [0.2, 0.25) is 5.91 Å². The lowest BCUT2D eigenvalue weighted by atomic mass is 10.2. The number of carboxylic acid groups (broad SMARTS) is 1. The molecule has 0 saturated carbocycles. The van der Waals surface area contributed by atoms with Crippen molar-refractivity contribution < 1.29 is 23.5 Å². The summed E-state index contributed by atoms with van der Waals surface area (Å²) in [4.78, 5) is 22.2. The molecule has 0 radical (unpaired) electrons. The molecule has 13 heavy (non-hydrogen) atoms. The lowest BCUT2D eigenvalue weighted by Gasteiger charge is -2.20. The minimum absolute atomic E-state index is 0.0453. The van der Waals surface area contributed by atoms with Gasteiger partial charge in [0.15, 0.2) is 0 Å². The van der Waals surface area contributed by atoms with Crippen LogP contribution in [0.4, 0.5) is 8.78 Å². The highest BCUT2D eigenvalue weighted by Gasteiger charge is 2.37. The quantitative estimate of drug-likeness (QED) is 0.702. The molecule has 1 rings (SSSR count). The smallest absolute Gasteiger partial charge is 0.326 e. The Morgan fingerprint density at radius 1 is 1.69 bits per heavy atom. The molecule has 1 fully saturated rings. The maximum atomic E-state index is 11.9. The number of amides is 1. The molecule has 0 spiro atoms. The third-order valence-corrected chi connectivity index (χ3v) is 1.95. The Balaban J connectivity index is 2.65. The van der Waals surface area contributed by atoms with Crippen LogP contribution < -0.4 is 0 Å². The number of likely N-dealkylation sites (tertiary alicyclic amines) is 1. The average molecular weight is 193 g/mol. The predicted octanol–water partition coefficient (Wildman–Crippen LogP) is 0.327. The lowest BCUT2D eigenvalue weighted by molar-refractivity contribution is -0.147. The van der Waals surface area contributed by atoms with Crippen LogP contribution in [0.1, 0.15) is 12.8 Å². The Morgan fingerprint density at radius 2 is 2.31 bits per heavy atom. The minimum atomic E-state index is -2.68. The van der Waals surface area contributed by atoms with E-state index in [1.807, 2.05) is 0 Å². The molecule has 0 bridgehead atoms. The number of hydrogen-bond acceptors (Lipinski definition) is 2. The van der Waals surface area contributed by atoms with Crippen molar-refractivity contribution in [3.8, 4) is 0 Å². The first-order chi connectivity index (χ1) is 6.02. The number of hydrogen-bond donors (Lipinski definition) is 1. The number of rotatable bonds is 3.